The van der Waals surface area contributed by atoms with Crippen LogP contribution in [0.15, 0.2) is 17.1 Å². The van der Waals surface area contributed by atoms with Crippen molar-refractivity contribution in [2.75, 3.05) is 13.1 Å². The zero-order chi connectivity index (χ0) is 17.9. The molecule has 0 aromatic heterocycles. The summed E-state index contributed by atoms with van der Waals surface area (Å²) in [5.74, 6) is -1.53. The summed E-state index contributed by atoms with van der Waals surface area (Å²) in [7, 11) is -4.03. The van der Waals surface area contributed by atoms with E-state index in [-0.39, 0.29) is 10.6 Å². The fourth-order valence-corrected chi connectivity index (χ4v) is 3.71. The molecule has 1 aromatic carbocycles. The van der Waals surface area contributed by atoms with E-state index in [1.165, 1.54) is 4.31 Å². The number of carbonyl (C=O) groups is 1. The van der Waals surface area contributed by atoms with Crippen LogP contribution in [0.25, 0.3) is 0 Å². The standard InChI is InChI=1S/C14H15ClFN3O4S/c1-9-2-4-19(5-3-9)24(22,23)18-14(21)10-6-13(17-8-20)12(16)7-11(10)15/h6-7,9H,2-5H2,1H3,(H,18,21). The van der Waals surface area contributed by atoms with Crippen LogP contribution in [-0.2, 0) is 15.0 Å². The zero-order valence-electron chi connectivity index (χ0n) is 12.8. The number of nitrogens with zero attached hydrogens (tertiary/aromatic N) is 2. The molecule has 0 spiro atoms. The monoisotopic (exact) mass is 375 g/mol. The number of rotatable bonds is 4. The molecule has 24 heavy (non-hydrogen) atoms. The normalized spacial score (nSPS) is 16.5. The highest BCUT2D eigenvalue weighted by Gasteiger charge is 2.29. The number of piperidine rings is 1. The molecule has 1 heterocycles. The van der Waals surface area contributed by atoms with Crippen LogP contribution >= 0.6 is 11.6 Å². The predicted molar refractivity (Wildman–Crippen MR) is 85.5 cm³/mol. The molecule has 0 aliphatic carbocycles. The fourth-order valence-electron chi connectivity index (χ4n) is 2.31. The summed E-state index contributed by atoms with van der Waals surface area (Å²) in [6.45, 7) is 2.64. The molecule has 1 saturated heterocycles. The summed E-state index contributed by atoms with van der Waals surface area (Å²) in [6.07, 6.45) is 2.55. The second-order valence-electron chi connectivity index (χ2n) is 5.50. The van der Waals surface area contributed by atoms with E-state index in [0.717, 1.165) is 18.2 Å². The van der Waals surface area contributed by atoms with Gasteiger partial charge in [-0.15, -0.1) is 0 Å². The lowest BCUT2D eigenvalue weighted by Gasteiger charge is -2.29. The first-order chi connectivity index (χ1) is 11.2. The summed E-state index contributed by atoms with van der Waals surface area (Å²) in [5.41, 5.74) is -0.759. The molecule has 1 aliphatic rings. The molecule has 2 rings (SSSR count). The van der Waals surface area contributed by atoms with E-state index in [1.807, 2.05) is 11.6 Å². The Morgan fingerprint density at radius 1 is 1.42 bits per heavy atom. The van der Waals surface area contributed by atoms with E-state index in [2.05, 4.69) is 4.99 Å². The van der Waals surface area contributed by atoms with Crippen molar-refractivity contribution in [2.24, 2.45) is 10.9 Å². The topological polar surface area (TPSA) is 95.9 Å². The van der Waals surface area contributed by atoms with E-state index in [4.69, 9.17) is 11.6 Å². The zero-order valence-corrected chi connectivity index (χ0v) is 14.3. The minimum Gasteiger partial charge on any atom is -0.268 e. The van der Waals surface area contributed by atoms with Crippen LogP contribution in [0.3, 0.4) is 0 Å². The summed E-state index contributed by atoms with van der Waals surface area (Å²) in [6, 6.07) is 1.67. The Hall–Kier alpha value is -1.80. The molecule has 10 heteroatoms. The smallest absolute Gasteiger partial charge is 0.268 e. The Balaban J connectivity index is 2.23. The highest BCUT2D eigenvalue weighted by Crippen LogP contribution is 2.26. The van der Waals surface area contributed by atoms with Gasteiger partial charge in [0.2, 0.25) is 6.08 Å². The first-order valence-electron chi connectivity index (χ1n) is 7.13. The number of carbonyl (C=O) groups excluding carboxylic acids is 2. The molecule has 0 atom stereocenters. The Morgan fingerprint density at radius 2 is 2.04 bits per heavy atom. The molecule has 1 aromatic rings. The maximum Gasteiger partial charge on any atom is 0.304 e. The average molecular weight is 376 g/mol. The van der Waals surface area contributed by atoms with Gasteiger partial charge in [0.05, 0.1) is 10.6 Å². The van der Waals surface area contributed by atoms with Crippen LogP contribution in [0.2, 0.25) is 5.02 Å². The quantitative estimate of drug-likeness (QED) is 0.644. The van der Waals surface area contributed by atoms with Crippen LogP contribution in [0.5, 0.6) is 0 Å². The van der Waals surface area contributed by atoms with E-state index in [1.54, 1.807) is 0 Å². The van der Waals surface area contributed by atoms with Gasteiger partial charge in [-0.25, -0.2) is 13.9 Å². The first-order valence-corrected chi connectivity index (χ1v) is 8.95. The second kappa shape index (κ2) is 7.40. The average Bonchev–Trinajstić information content (AvgIpc) is 2.50. The van der Waals surface area contributed by atoms with Gasteiger partial charge in [-0.1, -0.05) is 18.5 Å². The maximum absolute atomic E-state index is 13.5. The van der Waals surface area contributed by atoms with E-state index < -0.39 is 27.6 Å². The highest BCUT2D eigenvalue weighted by molar-refractivity contribution is 7.87. The van der Waals surface area contributed by atoms with Crippen LogP contribution < -0.4 is 4.72 Å². The van der Waals surface area contributed by atoms with Crippen molar-refractivity contribution in [2.45, 2.75) is 19.8 Å². The van der Waals surface area contributed by atoms with Crippen molar-refractivity contribution in [3.8, 4) is 0 Å². The van der Waals surface area contributed by atoms with Gasteiger partial charge in [0, 0.05) is 13.1 Å². The largest absolute Gasteiger partial charge is 0.304 e. The van der Waals surface area contributed by atoms with Crippen molar-refractivity contribution in [1.29, 1.82) is 0 Å². The second-order valence-corrected chi connectivity index (χ2v) is 7.58. The Morgan fingerprint density at radius 3 is 2.62 bits per heavy atom. The van der Waals surface area contributed by atoms with Crippen LogP contribution in [0, 0.1) is 11.7 Å². The minimum absolute atomic E-state index is 0.294. The van der Waals surface area contributed by atoms with Crippen molar-refractivity contribution in [3.05, 3.63) is 28.5 Å². The first kappa shape index (κ1) is 18.5. The van der Waals surface area contributed by atoms with Gasteiger partial charge in [0.15, 0.2) is 5.82 Å². The Kier molecular flexibility index (Phi) is 5.71. The molecule has 7 nitrogen and oxygen atoms in total. The molecule has 0 unspecified atom stereocenters. The minimum atomic E-state index is -4.03. The number of nitrogens with one attached hydrogen (secondary N) is 1. The third-order valence-electron chi connectivity index (χ3n) is 3.75. The van der Waals surface area contributed by atoms with E-state index >= 15 is 0 Å². The molecular formula is C14H15ClFN3O4S. The van der Waals surface area contributed by atoms with Crippen LogP contribution in [0.4, 0.5) is 10.1 Å². The molecule has 0 saturated carbocycles. The molecular weight excluding hydrogens is 361 g/mol. The summed E-state index contributed by atoms with van der Waals surface area (Å²) in [5, 5.41) is -0.294. The fraction of sp³-hybridized carbons (Fsp3) is 0.429. The van der Waals surface area contributed by atoms with Crippen molar-refractivity contribution in [3.63, 3.8) is 0 Å². The number of benzene rings is 1. The predicted octanol–water partition coefficient (Wildman–Crippen LogP) is 2.15. The van der Waals surface area contributed by atoms with Crippen molar-refractivity contribution in [1.82, 2.24) is 9.03 Å². The van der Waals surface area contributed by atoms with Gasteiger partial charge in [-0.05, 0) is 30.9 Å². The Labute approximate surface area is 143 Å². The van der Waals surface area contributed by atoms with Gasteiger partial charge >= 0.3 is 10.2 Å². The molecule has 0 radical (unpaired) electrons. The third kappa shape index (κ3) is 4.18. The molecule has 1 fully saturated rings. The molecule has 0 bridgehead atoms. The summed E-state index contributed by atoms with van der Waals surface area (Å²) in [4.78, 5) is 25.6. The maximum atomic E-state index is 13.5. The lowest BCUT2D eigenvalue weighted by Crippen LogP contribution is -2.46. The highest BCUT2D eigenvalue weighted by atomic mass is 35.5. The number of isocyanates is 1. The van der Waals surface area contributed by atoms with Gasteiger partial charge in [-0.3, -0.25) is 4.79 Å². The molecule has 1 aliphatic heterocycles. The lowest BCUT2D eigenvalue weighted by atomic mass is 10.0. The van der Waals surface area contributed by atoms with Crippen LogP contribution in [0.1, 0.15) is 30.1 Å². The number of aliphatic imine (C=N–C) groups is 1. The number of hydrogen-bond acceptors (Lipinski definition) is 5. The number of halogens is 2. The van der Waals surface area contributed by atoms with Crippen molar-refractivity contribution >= 4 is 39.5 Å². The van der Waals surface area contributed by atoms with Gasteiger partial charge in [0.25, 0.3) is 5.91 Å². The Bertz CT molecular complexity index is 800. The molecule has 1 amide bonds. The lowest BCUT2D eigenvalue weighted by molar-refractivity contribution is 0.0978. The van der Waals surface area contributed by atoms with E-state index in [0.29, 0.717) is 31.8 Å². The van der Waals surface area contributed by atoms with Crippen LogP contribution in [-0.4, -0.2) is 37.8 Å². The van der Waals surface area contributed by atoms with E-state index in [9.17, 15) is 22.4 Å². The molecule has 130 valence electrons. The van der Waals surface area contributed by atoms with Crippen molar-refractivity contribution < 1.29 is 22.4 Å². The van der Waals surface area contributed by atoms with Gasteiger partial charge < -0.3 is 0 Å². The van der Waals surface area contributed by atoms with Gasteiger partial charge in [-0.2, -0.15) is 17.7 Å². The number of amides is 1. The summed E-state index contributed by atoms with van der Waals surface area (Å²) < 4.78 is 41.1. The van der Waals surface area contributed by atoms with Gasteiger partial charge in [0.1, 0.15) is 5.69 Å². The third-order valence-corrected chi connectivity index (χ3v) is 5.55. The summed E-state index contributed by atoms with van der Waals surface area (Å²) >= 11 is 5.78. The molecule has 1 N–H and O–H groups in total. The number of hydrogen-bond donors (Lipinski definition) is 1. The SMILES string of the molecule is CC1CCN(S(=O)(=O)NC(=O)c2cc(N=C=O)c(F)cc2Cl)CC1.